The quantitative estimate of drug-likeness (QED) is 0.572. The summed E-state index contributed by atoms with van der Waals surface area (Å²) in [5.74, 6) is 0. The fourth-order valence-corrected chi connectivity index (χ4v) is 0.558. The Morgan fingerprint density at radius 1 is 1.50 bits per heavy atom. The van der Waals surface area contributed by atoms with E-state index in [2.05, 4.69) is 31.3 Å². The molecule has 0 spiro atoms. The summed E-state index contributed by atoms with van der Waals surface area (Å²) in [5, 5.41) is 3.17. The first-order valence-electron chi connectivity index (χ1n) is 3.69. The Kier molecular flexibility index (Phi) is 4.32. The van der Waals surface area contributed by atoms with Crippen molar-refractivity contribution in [3.05, 3.63) is 12.2 Å². The van der Waals surface area contributed by atoms with E-state index in [4.69, 9.17) is 5.73 Å². The Hall–Kier alpha value is -0.340. The highest BCUT2D eigenvalue weighted by molar-refractivity contribution is 5.00. The van der Waals surface area contributed by atoms with E-state index in [0.29, 0.717) is 0 Å². The van der Waals surface area contributed by atoms with Crippen molar-refractivity contribution >= 4 is 0 Å². The van der Waals surface area contributed by atoms with Crippen LogP contribution in [0.25, 0.3) is 0 Å². The van der Waals surface area contributed by atoms with Gasteiger partial charge in [0.15, 0.2) is 0 Å². The molecule has 0 radical (unpaired) electrons. The molecule has 2 heteroatoms. The normalized spacial score (nSPS) is 12.8. The molecule has 0 aliphatic heterocycles. The van der Waals surface area contributed by atoms with Gasteiger partial charge in [0.05, 0.1) is 0 Å². The van der Waals surface area contributed by atoms with E-state index in [1.165, 1.54) is 0 Å². The largest absolute Gasteiger partial charge is 0.330 e. The Balaban J connectivity index is 3.63. The van der Waals surface area contributed by atoms with Crippen molar-refractivity contribution in [2.45, 2.75) is 25.8 Å². The summed E-state index contributed by atoms with van der Waals surface area (Å²) >= 11 is 0. The topological polar surface area (TPSA) is 38.0 Å². The number of likely N-dealkylation sites (N-methyl/N-ethyl adjacent to an activating group) is 1. The van der Waals surface area contributed by atoms with E-state index in [1.807, 2.05) is 7.05 Å². The van der Waals surface area contributed by atoms with Gasteiger partial charge in [-0.1, -0.05) is 12.2 Å². The van der Waals surface area contributed by atoms with Crippen LogP contribution in [0.4, 0.5) is 0 Å². The molecule has 0 aromatic rings. The van der Waals surface area contributed by atoms with Crippen LogP contribution in [0.15, 0.2) is 12.2 Å². The molecular formula is C8H18N2. The molecule has 10 heavy (non-hydrogen) atoms. The minimum Gasteiger partial charge on any atom is -0.330 e. The molecule has 0 unspecified atom stereocenters. The lowest BCUT2D eigenvalue weighted by Gasteiger charge is -2.18. The first kappa shape index (κ1) is 9.66. The smallest absolute Gasteiger partial charge is 0.0304 e. The molecule has 0 aromatic carbocycles. The summed E-state index contributed by atoms with van der Waals surface area (Å²) in [6.45, 7) is 4.98. The predicted octanol–water partition coefficient (Wildman–Crippen LogP) is 0.889. The molecule has 0 atom stereocenters. The van der Waals surface area contributed by atoms with Crippen LogP contribution in [0.2, 0.25) is 0 Å². The van der Waals surface area contributed by atoms with Gasteiger partial charge in [-0.05, 0) is 33.9 Å². The summed E-state index contributed by atoms with van der Waals surface area (Å²) in [5.41, 5.74) is 5.43. The van der Waals surface area contributed by atoms with Gasteiger partial charge < -0.3 is 11.1 Å². The summed E-state index contributed by atoms with van der Waals surface area (Å²) in [7, 11) is 1.95. The van der Waals surface area contributed by atoms with E-state index in [-0.39, 0.29) is 5.54 Å². The Bertz CT molecular complexity index is 106. The van der Waals surface area contributed by atoms with Gasteiger partial charge in [0.25, 0.3) is 0 Å². The number of rotatable bonds is 4. The first-order valence-corrected chi connectivity index (χ1v) is 3.69. The Morgan fingerprint density at radius 2 is 2.10 bits per heavy atom. The van der Waals surface area contributed by atoms with Gasteiger partial charge >= 0.3 is 0 Å². The lowest BCUT2D eigenvalue weighted by Crippen LogP contribution is -2.33. The third-order valence-corrected chi connectivity index (χ3v) is 1.51. The maximum Gasteiger partial charge on any atom is 0.0304 e. The standard InChI is InChI=1S/C8H18N2/c1-8(2,10-3)6-4-5-7-9/h4,6,10H,5,7,9H2,1-3H3/b6-4+. The molecule has 60 valence electrons. The molecule has 3 N–H and O–H groups in total. The summed E-state index contributed by atoms with van der Waals surface area (Å²) in [4.78, 5) is 0. The third kappa shape index (κ3) is 4.53. The van der Waals surface area contributed by atoms with Crippen LogP contribution in [-0.4, -0.2) is 19.1 Å². The Labute approximate surface area is 63.5 Å². The first-order chi connectivity index (χ1) is 4.62. The SMILES string of the molecule is CNC(C)(C)/C=C/CCN. The highest BCUT2D eigenvalue weighted by Crippen LogP contribution is 2.02. The van der Waals surface area contributed by atoms with Crippen LogP contribution >= 0.6 is 0 Å². The van der Waals surface area contributed by atoms with Crippen molar-refractivity contribution in [3.8, 4) is 0 Å². The fraction of sp³-hybridized carbons (Fsp3) is 0.750. The molecule has 0 amide bonds. The van der Waals surface area contributed by atoms with Gasteiger partial charge in [0.2, 0.25) is 0 Å². The number of nitrogens with one attached hydrogen (secondary N) is 1. The number of hydrogen-bond donors (Lipinski definition) is 2. The van der Waals surface area contributed by atoms with Gasteiger partial charge in [-0.25, -0.2) is 0 Å². The number of nitrogens with two attached hydrogens (primary N) is 1. The molecule has 0 fully saturated rings. The van der Waals surface area contributed by atoms with E-state index < -0.39 is 0 Å². The zero-order valence-corrected chi connectivity index (χ0v) is 7.15. The van der Waals surface area contributed by atoms with Gasteiger partial charge in [-0.15, -0.1) is 0 Å². The van der Waals surface area contributed by atoms with Gasteiger partial charge in [0, 0.05) is 5.54 Å². The van der Waals surface area contributed by atoms with Crippen molar-refractivity contribution in [1.82, 2.24) is 5.32 Å². The van der Waals surface area contributed by atoms with Crippen molar-refractivity contribution in [3.63, 3.8) is 0 Å². The summed E-state index contributed by atoms with van der Waals surface area (Å²) < 4.78 is 0. The van der Waals surface area contributed by atoms with Crippen LogP contribution in [0.1, 0.15) is 20.3 Å². The van der Waals surface area contributed by atoms with Crippen molar-refractivity contribution in [1.29, 1.82) is 0 Å². The average Bonchev–Trinajstić information content (AvgIpc) is 1.89. The lowest BCUT2D eigenvalue weighted by molar-refractivity contribution is 0.526. The van der Waals surface area contributed by atoms with Gasteiger partial charge in [-0.3, -0.25) is 0 Å². The third-order valence-electron chi connectivity index (χ3n) is 1.51. The molecule has 2 nitrogen and oxygen atoms in total. The maximum atomic E-state index is 5.33. The minimum atomic E-state index is 0.106. The lowest BCUT2D eigenvalue weighted by atomic mass is 10.1. The maximum absolute atomic E-state index is 5.33. The summed E-state index contributed by atoms with van der Waals surface area (Å²) in [6, 6.07) is 0. The fourth-order valence-electron chi connectivity index (χ4n) is 0.558. The highest BCUT2D eigenvalue weighted by atomic mass is 14.9. The zero-order chi connectivity index (χ0) is 8.04. The monoisotopic (exact) mass is 142 g/mol. The van der Waals surface area contributed by atoms with E-state index in [9.17, 15) is 0 Å². The van der Waals surface area contributed by atoms with Crippen LogP contribution < -0.4 is 11.1 Å². The highest BCUT2D eigenvalue weighted by Gasteiger charge is 2.07. The number of hydrogen-bond acceptors (Lipinski definition) is 2. The average molecular weight is 142 g/mol. The molecule has 0 rings (SSSR count). The van der Waals surface area contributed by atoms with E-state index in [1.54, 1.807) is 0 Å². The molecule has 0 saturated carbocycles. The van der Waals surface area contributed by atoms with E-state index in [0.717, 1.165) is 13.0 Å². The molecular weight excluding hydrogens is 124 g/mol. The van der Waals surface area contributed by atoms with Gasteiger partial charge in [-0.2, -0.15) is 0 Å². The van der Waals surface area contributed by atoms with Crippen molar-refractivity contribution in [2.75, 3.05) is 13.6 Å². The van der Waals surface area contributed by atoms with Crippen LogP contribution in [0.5, 0.6) is 0 Å². The molecule has 0 saturated heterocycles. The molecule has 0 bridgehead atoms. The molecule has 0 aliphatic rings. The Morgan fingerprint density at radius 3 is 2.50 bits per heavy atom. The molecule has 0 heterocycles. The van der Waals surface area contributed by atoms with Crippen molar-refractivity contribution < 1.29 is 0 Å². The zero-order valence-electron chi connectivity index (χ0n) is 7.15. The second-order valence-corrected chi connectivity index (χ2v) is 2.95. The van der Waals surface area contributed by atoms with Crippen LogP contribution in [0, 0.1) is 0 Å². The van der Waals surface area contributed by atoms with Crippen molar-refractivity contribution in [2.24, 2.45) is 5.73 Å². The minimum absolute atomic E-state index is 0.106. The second kappa shape index (κ2) is 4.47. The van der Waals surface area contributed by atoms with Gasteiger partial charge in [0.1, 0.15) is 0 Å². The van der Waals surface area contributed by atoms with E-state index >= 15 is 0 Å². The van der Waals surface area contributed by atoms with Crippen LogP contribution in [0.3, 0.4) is 0 Å². The summed E-state index contributed by atoms with van der Waals surface area (Å²) in [6.07, 6.45) is 5.21. The predicted molar refractivity (Wildman–Crippen MR) is 46.0 cm³/mol. The molecule has 0 aromatic heterocycles. The molecule has 0 aliphatic carbocycles. The second-order valence-electron chi connectivity index (χ2n) is 2.95. The van der Waals surface area contributed by atoms with Crippen LogP contribution in [-0.2, 0) is 0 Å².